The zero-order chi connectivity index (χ0) is 23.3. The molecule has 6 rings (SSSR count). The highest BCUT2D eigenvalue weighted by atomic mass is 32.2. The average molecular weight is 485 g/mol. The molecular weight excluding hydrogens is 459 g/mol. The van der Waals surface area contributed by atoms with Crippen LogP contribution in [-0.2, 0) is 18.7 Å². The summed E-state index contributed by atoms with van der Waals surface area (Å²) < 4.78 is 21.9. The SMILES string of the molecule is O=c1ccc2ncc(F)c3c2n1C[C@@]3(O)CN1CCC(NCc2cc3c(nn2)SCCO3)CC1. The van der Waals surface area contributed by atoms with Gasteiger partial charge in [0.1, 0.15) is 11.4 Å². The molecule has 6 heterocycles. The molecule has 0 aromatic carbocycles. The van der Waals surface area contributed by atoms with Gasteiger partial charge in [-0.15, -0.1) is 5.10 Å². The lowest BCUT2D eigenvalue weighted by molar-refractivity contribution is -0.0159. The second-order valence-corrected chi connectivity index (χ2v) is 10.2. The average Bonchev–Trinajstić information content (AvgIpc) is 3.17. The summed E-state index contributed by atoms with van der Waals surface area (Å²) in [5, 5.41) is 24.4. The van der Waals surface area contributed by atoms with Crippen LogP contribution in [0.2, 0.25) is 0 Å². The van der Waals surface area contributed by atoms with Crippen molar-refractivity contribution in [2.24, 2.45) is 0 Å². The minimum atomic E-state index is -1.46. The highest BCUT2D eigenvalue weighted by Gasteiger charge is 2.43. The van der Waals surface area contributed by atoms with Crippen LogP contribution in [0.3, 0.4) is 0 Å². The summed E-state index contributed by atoms with van der Waals surface area (Å²) >= 11 is 1.66. The van der Waals surface area contributed by atoms with Crippen LogP contribution in [0, 0.1) is 5.82 Å². The standard InChI is InChI=1S/C23H25FN6O3S/c24-16-11-26-17-1-2-19(31)30-13-23(32,20(16)21(17)30)12-29-5-3-14(4-6-29)25-10-15-9-18-22(28-27-15)34-8-7-33-18/h1-2,9,11,14,25,32H,3-8,10,12-13H2/t23-/m0/s1. The molecule has 0 spiro atoms. The number of pyridine rings is 2. The van der Waals surface area contributed by atoms with E-state index in [0.717, 1.165) is 54.4 Å². The summed E-state index contributed by atoms with van der Waals surface area (Å²) in [6.07, 6.45) is 2.91. The Hall–Kier alpha value is -2.60. The maximum Gasteiger partial charge on any atom is 0.251 e. The number of halogens is 1. The van der Waals surface area contributed by atoms with E-state index in [4.69, 9.17) is 4.74 Å². The quantitative estimate of drug-likeness (QED) is 0.554. The Morgan fingerprint density at radius 3 is 3.00 bits per heavy atom. The number of aliphatic hydroxyl groups is 1. The van der Waals surface area contributed by atoms with E-state index in [2.05, 4.69) is 25.4 Å². The molecule has 1 atom stereocenters. The molecule has 1 saturated heterocycles. The summed E-state index contributed by atoms with van der Waals surface area (Å²) in [5.41, 5.74) is 0.236. The summed E-state index contributed by atoms with van der Waals surface area (Å²) in [6, 6.07) is 5.26. The van der Waals surface area contributed by atoms with Crippen LogP contribution in [-0.4, -0.2) is 67.8 Å². The first-order valence-corrected chi connectivity index (χ1v) is 12.5. The smallest absolute Gasteiger partial charge is 0.251 e. The van der Waals surface area contributed by atoms with Gasteiger partial charge in [-0.25, -0.2) is 4.39 Å². The maximum atomic E-state index is 14.8. The molecule has 0 saturated carbocycles. The normalized spacial score (nSPS) is 22.6. The Labute approximate surface area is 199 Å². The van der Waals surface area contributed by atoms with Crippen molar-refractivity contribution >= 4 is 22.8 Å². The van der Waals surface area contributed by atoms with Crippen molar-refractivity contribution < 1.29 is 14.2 Å². The van der Waals surface area contributed by atoms with Crippen molar-refractivity contribution in [2.75, 3.05) is 32.0 Å². The van der Waals surface area contributed by atoms with Crippen LogP contribution in [0.1, 0.15) is 24.1 Å². The number of hydrogen-bond acceptors (Lipinski definition) is 9. The highest BCUT2D eigenvalue weighted by Crippen LogP contribution is 2.38. The van der Waals surface area contributed by atoms with Gasteiger partial charge in [0.2, 0.25) is 0 Å². The Balaban J connectivity index is 1.09. The fourth-order valence-corrected chi connectivity index (χ4v) is 5.92. The van der Waals surface area contributed by atoms with Crippen molar-refractivity contribution in [3.05, 3.63) is 51.8 Å². The summed E-state index contributed by atoms with van der Waals surface area (Å²) in [5.74, 6) is 1.13. The second kappa shape index (κ2) is 8.56. The number of nitrogens with zero attached hydrogens (tertiary/aromatic N) is 5. The van der Waals surface area contributed by atoms with Crippen LogP contribution in [0.15, 0.2) is 34.2 Å². The van der Waals surface area contributed by atoms with Crippen molar-refractivity contribution in [1.82, 2.24) is 30.0 Å². The van der Waals surface area contributed by atoms with E-state index in [1.807, 2.05) is 6.07 Å². The van der Waals surface area contributed by atoms with Gasteiger partial charge in [0, 0.05) is 37.0 Å². The summed E-state index contributed by atoms with van der Waals surface area (Å²) in [7, 11) is 0. The van der Waals surface area contributed by atoms with Crippen LogP contribution in [0.5, 0.6) is 5.75 Å². The number of rotatable bonds is 5. The third-order valence-corrected chi connectivity index (χ3v) is 7.77. The topological polar surface area (TPSA) is 105 Å². The minimum Gasteiger partial charge on any atom is -0.490 e. The first-order valence-electron chi connectivity index (χ1n) is 11.5. The third kappa shape index (κ3) is 3.86. The number of aromatic nitrogens is 4. The van der Waals surface area contributed by atoms with E-state index >= 15 is 0 Å². The number of nitrogens with one attached hydrogen (secondary N) is 1. The van der Waals surface area contributed by atoms with E-state index < -0.39 is 11.4 Å². The zero-order valence-corrected chi connectivity index (χ0v) is 19.4. The fourth-order valence-electron chi connectivity index (χ4n) is 5.20. The molecule has 34 heavy (non-hydrogen) atoms. The van der Waals surface area contributed by atoms with E-state index in [1.54, 1.807) is 17.8 Å². The lowest BCUT2D eigenvalue weighted by Gasteiger charge is -2.37. The number of piperidine rings is 1. The zero-order valence-electron chi connectivity index (χ0n) is 18.5. The Bertz CT molecular complexity index is 1310. The molecule has 3 aliphatic rings. The van der Waals surface area contributed by atoms with Crippen molar-refractivity contribution in [2.45, 2.75) is 42.6 Å². The summed E-state index contributed by atoms with van der Waals surface area (Å²) in [6.45, 7) is 3.13. The molecule has 0 bridgehead atoms. The van der Waals surface area contributed by atoms with Gasteiger partial charge in [0.05, 0.1) is 41.6 Å². The lowest BCUT2D eigenvalue weighted by atomic mass is 9.93. The molecule has 1 fully saturated rings. The molecule has 11 heteroatoms. The monoisotopic (exact) mass is 484 g/mol. The number of ether oxygens (including phenoxy) is 1. The van der Waals surface area contributed by atoms with Crippen LogP contribution in [0.4, 0.5) is 4.39 Å². The van der Waals surface area contributed by atoms with Gasteiger partial charge < -0.3 is 19.7 Å². The number of β-amino-alcohol motifs (C(OH)–C–C–N with tert-alkyl or cyclic N) is 1. The molecule has 9 nitrogen and oxygen atoms in total. The molecule has 0 radical (unpaired) electrons. The number of thioether (sulfide) groups is 1. The number of hydrogen-bond donors (Lipinski definition) is 2. The van der Waals surface area contributed by atoms with E-state index in [1.165, 1.54) is 10.6 Å². The molecule has 3 aromatic rings. The maximum absolute atomic E-state index is 14.8. The molecule has 0 amide bonds. The minimum absolute atomic E-state index is 0.0383. The lowest BCUT2D eigenvalue weighted by Crippen LogP contribution is -2.48. The third-order valence-electron chi connectivity index (χ3n) is 6.84. The molecule has 3 aromatic heterocycles. The molecule has 0 aliphatic carbocycles. The predicted octanol–water partition coefficient (Wildman–Crippen LogP) is 1.27. The van der Waals surface area contributed by atoms with Gasteiger partial charge in [-0.2, -0.15) is 5.10 Å². The first kappa shape index (κ1) is 21.9. The molecule has 178 valence electrons. The predicted molar refractivity (Wildman–Crippen MR) is 124 cm³/mol. The van der Waals surface area contributed by atoms with Crippen LogP contribution in [0.25, 0.3) is 11.0 Å². The largest absolute Gasteiger partial charge is 0.490 e. The highest BCUT2D eigenvalue weighted by molar-refractivity contribution is 7.99. The molecule has 3 aliphatic heterocycles. The first-order chi connectivity index (χ1) is 16.5. The van der Waals surface area contributed by atoms with Crippen molar-refractivity contribution in [3.8, 4) is 5.75 Å². The van der Waals surface area contributed by atoms with E-state index in [-0.39, 0.29) is 24.2 Å². The summed E-state index contributed by atoms with van der Waals surface area (Å²) in [4.78, 5) is 18.6. The van der Waals surface area contributed by atoms with Gasteiger partial charge in [0.25, 0.3) is 5.56 Å². The second-order valence-electron chi connectivity index (χ2n) is 9.14. The van der Waals surface area contributed by atoms with Gasteiger partial charge in [-0.05, 0) is 32.0 Å². The fraction of sp³-hybridized carbons (Fsp3) is 0.478. The van der Waals surface area contributed by atoms with Gasteiger partial charge in [-0.3, -0.25) is 14.7 Å². The van der Waals surface area contributed by atoms with Crippen LogP contribution < -0.4 is 15.6 Å². The van der Waals surface area contributed by atoms with Crippen molar-refractivity contribution in [1.29, 1.82) is 0 Å². The van der Waals surface area contributed by atoms with Crippen LogP contribution >= 0.6 is 11.8 Å². The van der Waals surface area contributed by atoms with E-state index in [0.29, 0.717) is 30.2 Å². The van der Waals surface area contributed by atoms with Gasteiger partial charge in [-0.1, -0.05) is 11.8 Å². The Kier molecular flexibility index (Phi) is 5.51. The molecule has 2 N–H and O–H groups in total. The van der Waals surface area contributed by atoms with Crippen molar-refractivity contribution in [3.63, 3.8) is 0 Å². The van der Waals surface area contributed by atoms with Gasteiger partial charge in [0.15, 0.2) is 10.8 Å². The Morgan fingerprint density at radius 2 is 2.15 bits per heavy atom. The van der Waals surface area contributed by atoms with Gasteiger partial charge >= 0.3 is 0 Å². The number of fused-ring (bicyclic) bond motifs is 1. The Morgan fingerprint density at radius 1 is 1.29 bits per heavy atom. The molecule has 0 unspecified atom stereocenters. The van der Waals surface area contributed by atoms with E-state index in [9.17, 15) is 14.3 Å². The number of likely N-dealkylation sites (tertiary alicyclic amines) is 1. The molecular formula is C23H25FN6O3S.